The third-order valence-corrected chi connectivity index (χ3v) is 3.50. The Morgan fingerprint density at radius 3 is 2.11 bits per heavy atom. The van der Waals surface area contributed by atoms with Crippen molar-refractivity contribution in [2.75, 3.05) is 19.6 Å². The lowest BCUT2D eigenvalue weighted by Gasteiger charge is -2.15. The molecule has 4 heteroatoms. The van der Waals surface area contributed by atoms with Crippen LogP contribution in [0.5, 0.6) is 0 Å². The lowest BCUT2D eigenvalue weighted by molar-refractivity contribution is -0.125. The summed E-state index contributed by atoms with van der Waals surface area (Å²) in [6, 6.07) is -0.103. The zero-order valence-electron chi connectivity index (χ0n) is 11.8. The Labute approximate surface area is 110 Å². The molecule has 0 N–H and O–H groups in total. The zero-order valence-corrected chi connectivity index (χ0v) is 11.8. The van der Waals surface area contributed by atoms with Gasteiger partial charge in [-0.05, 0) is 13.3 Å². The zero-order chi connectivity index (χ0) is 13.4. The largest absolute Gasteiger partial charge is 0.327 e. The van der Waals surface area contributed by atoms with Crippen LogP contribution < -0.4 is 0 Å². The fourth-order valence-corrected chi connectivity index (χ4v) is 2.29. The van der Waals surface area contributed by atoms with Crippen molar-refractivity contribution < 1.29 is 9.59 Å². The van der Waals surface area contributed by atoms with E-state index < -0.39 is 0 Å². The molecule has 0 atom stereocenters. The Kier molecular flexibility index (Phi) is 6.76. The molecule has 0 radical (unpaired) electrons. The van der Waals surface area contributed by atoms with Crippen molar-refractivity contribution in [1.82, 2.24) is 9.80 Å². The summed E-state index contributed by atoms with van der Waals surface area (Å²) in [4.78, 5) is 26.4. The van der Waals surface area contributed by atoms with Crippen LogP contribution in [0.15, 0.2) is 0 Å². The second-order valence-corrected chi connectivity index (χ2v) is 4.96. The maximum absolute atomic E-state index is 11.8. The van der Waals surface area contributed by atoms with Crippen molar-refractivity contribution in [3.8, 4) is 0 Å². The van der Waals surface area contributed by atoms with Crippen LogP contribution in [0.1, 0.15) is 58.8 Å². The third kappa shape index (κ3) is 4.31. The van der Waals surface area contributed by atoms with Gasteiger partial charge in [-0.3, -0.25) is 9.69 Å². The van der Waals surface area contributed by atoms with Crippen LogP contribution in [0.2, 0.25) is 0 Å². The van der Waals surface area contributed by atoms with Gasteiger partial charge in [0.05, 0.1) is 0 Å². The number of nitrogens with zero attached hydrogens (tertiary/aromatic N) is 2. The monoisotopic (exact) mass is 254 g/mol. The highest BCUT2D eigenvalue weighted by Crippen LogP contribution is 2.12. The molecule has 1 heterocycles. The van der Waals surface area contributed by atoms with Crippen molar-refractivity contribution in [3.05, 3.63) is 0 Å². The van der Waals surface area contributed by atoms with E-state index in [9.17, 15) is 9.59 Å². The molecule has 0 saturated carbocycles. The Morgan fingerprint density at radius 2 is 1.56 bits per heavy atom. The summed E-state index contributed by atoms with van der Waals surface area (Å²) in [6.45, 7) is 5.61. The van der Waals surface area contributed by atoms with E-state index in [4.69, 9.17) is 0 Å². The molecule has 4 nitrogen and oxygen atoms in total. The molecule has 3 amide bonds. The number of carbonyl (C=O) groups is 2. The molecule has 0 aliphatic carbocycles. The van der Waals surface area contributed by atoms with E-state index in [-0.39, 0.29) is 18.5 Å². The number of amides is 3. The number of hydrogen-bond donors (Lipinski definition) is 0. The molecule has 0 unspecified atom stereocenters. The summed E-state index contributed by atoms with van der Waals surface area (Å²) in [5, 5.41) is 0. The van der Waals surface area contributed by atoms with Crippen LogP contribution in [0, 0.1) is 0 Å². The van der Waals surface area contributed by atoms with E-state index in [0.29, 0.717) is 13.1 Å². The number of urea groups is 1. The lowest BCUT2D eigenvalue weighted by atomic mass is 10.1. The topological polar surface area (TPSA) is 40.6 Å². The second-order valence-electron chi connectivity index (χ2n) is 4.96. The molecule has 1 saturated heterocycles. The summed E-state index contributed by atoms with van der Waals surface area (Å²) < 4.78 is 0. The molecule has 1 rings (SSSR count). The van der Waals surface area contributed by atoms with E-state index in [2.05, 4.69) is 6.92 Å². The van der Waals surface area contributed by atoms with Gasteiger partial charge >= 0.3 is 6.03 Å². The highest BCUT2D eigenvalue weighted by molar-refractivity contribution is 6.01. The Morgan fingerprint density at radius 1 is 0.944 bits per heavy atom. The van der Waals surface area contributed by atoms with Gasteiger partial charge < -0.3 is 4.90 Å². The van der Waals surface area contributed by atoms with Crippen LogP contribution >= 0.6 is 0 Å². The van der Waals surface area contributed by atoms with Crippen LogP contribution in [0.3, 0.4) is 0 Å². The van der Waals surface area contributed by atoms with E-state index in [1.54, 1.807) is 4.90 Å². The van der Waals surface area contributed by atoms with Crippen LogP contribution in [0.25, 0.3) is 0 Å². The van der Waals surface area contributed by atoms with E-state index in [1.165, 1.54) is 37.0 Å². The summed E-state index contributed by atoms with van der Waals surface area (Å²) >= 11 is 0. The fourth-order valence-electron chi connectivity index (χ4n) is 2.29. The van der Waals surface area contributed by atoms with Crippen LogP contribution in [-0.2, 0) is 4.79 Å². The first kappa shape index (κ1) is 15.0. The minimum absolute atomic E-state index is 0.0344. The Balaban J connectivity index is 2.12. The quantitative estimate of drug-likeness (QED) is 0.469. The van der Waals surface area contributed by atoms with Gasteiger partial charge in [-0.25, -0.2) is 4.79 Å². The van der Waals surface area contributed by atoms with Gasteiger partial charge in [0.1, 0.15) is 6.54 Å². The van der Waals surface area contributed by atoms with E-state index in [1.807, 2.05) is 6.92 Å². The molecule has 0 bridgehead atoms. The van der Waals surface area contributed by atoms with Gasteiger partial charge in [0.15, 0.2) is 0 Å². The molecule has 0 aromatic carbocycles. The second kappa shape index (κ2) is 8.11. The Bertz CT molecular complexity index is 279. The van der Waals surface area contributed by atoms with Gasteiger partial charge in [0.25, 0.3) is 0 Å². The summed E-state index contributed by atoms with van der Waals surface area (Å²) in [5.74, 6) is -0.0344. The van der Waals surface area contributed by atoms with E-state index in [0.717, 1.165) is 12.8 Å². The summed E-state index contributed by atoms with van der Waals surface area (Å²) in [5.41, 5.74) is 0. The lowest BCUT2D eigenvalue weighted by Crippen LogP contribution is -2.33. The van der Waals surface area contributed by atoms with Gasteiger partial charge in [-0.1, -0.05) is 45.4 Å². The highest BCUT2D eigenvalue weighted by atomic mass is 16.2. The molecule has 18 heavy (non-hydrogen) atoms. The van der Waals surface area contributed by atoms with Gasteiger partial charge in [0.2, 0.25) is 5.91 Å². The number of unbranched alkanes of at least 4 members (excludes halogenated alkanes) is 6. The summed E-state index contributed by atoms with van der Waals surface area (Å²) in [6.07, 6.45) is 8.44. The average molecular weight is 254 g/mol. The number of likely N-dealkylation sites (N-methyl/N-ethyl adjacent to an activating group) is 1. The SMILES string of the molecule is CCCCCCCCCN1C(=O)CN(CC)C1=O. The first-order chi connectivity index (χ1) is 8.70. The average Bonchev–Trinajstić information content (AvgIpc) is 2.64. The molecule has 0 aromatic rings. The minimum Gasteiger partial charge on any atom is -0.315 e. The maximum atomic E-state index is 11.8. The molecule has 104 valence electrons. The normalized spacial score (nSPS) is 15.9. The van der Waals surface area contributed by atoms with Gasteiger partial charge in [-0.2, -0.15) is 0 Å². The molecular weight excluding hydrogens is 228 g/mol. The van der Waals surface area contributed by atoms with Crippen molar-refractivity contribution in [3.63, 3.8) is 0 Å². The van der Waals surface area contributed by atoms with Crippen LogP contribution in [0.4, 0.5) is 4.79 Å². The molecular formula is C14H26N2O2. The van der Waals surface area contributed by atoms with Gasteiger partial charge in [-0.15, -0.1) is 0 Å². The molecule has 1 aliphatic heterocycles. The number of rotatable bonds is 9. The molecule has 0 aromatic heterocycles. The minimum atomic E-state index is -0.103. The Hall–Kier alpha value is -1.06. The van der Waals surface area contributed by atoms with Crippen molar-refractivity contribution >= 4 is 11.9 Å². The summed E-state index contributed by atoms with van der Waals surface area (Å²) in [7, 11) is 0. The van der Waals surface area contributed by atoms with Crippen molar-refractivity contribution in [2.24, 2.45) is 0 Å². The standard InChI is InChI=1S/C14H26N2O2/c1-3-5-6-7-8-9-10-11-16-13(17)12-15(4-2)14(16)18/h3-12H2,1-2H3. The van der Waals surface area contributed by atoms with Crippen molar-refractivity contribution in [2.45, 2.75) is 58.8 Å². The maximum Gasteiger partial charge on any atom is 0.327 e. The fraction of sp³-hybridized carbons (Fsp3) is 0.857. The van der Waals surface area contributed by atoms with Crippen molar-refractivity contribution in [1.29, 1.82) is 0 Å². The number of carbonyl (C=O) groups excluding carboxylic acids is 2. The third-order valence-electron chi connectivity index (χ3n) is 3.50. The molecule has 1 aliphatic rings. The first-order valence-electron chi connectivity index (χ1n) is 7.30. The van der Waals surface area contributed by atoms with Crippen LogP contribution in [-0.4, -0.2) is 41.4 Å². The smallest absolute Gasteiger partial charge is 0.315 e. The first-order valence-corrected chi connectivity index (χ1v) is 7.30. The molecule has 1 fully saturated rings. The predicted octanol–water partition coefficient (Wildman–Crippen LogP) is 3.02. The predicted molar refractivity (Wildman–Crippen MR) is 72.3 cm³/mol. The molecule has 0 spiro atoms. The number of imide groups is 1. The number of hydrogen-bond acceptors (Lipinski definition) is 2. The van der Waals surface area contributed by atoms with E-state index >= 15 is 0 Å². The highest BCUT2D eigenvalue weighted by Gasteiger charge is 2.34. The van der Waals surface area contributed by atoms with Gasteiger partial charge in [0, 0.05) is 13.1 Å².